The highest BCUT2D eigenvalue weighted by Crippen LogP contribution is 2.34. The maximum absolute atomic E-state index is 12.8. The third-order valence-electron chi connectivity index (χ3n) is 5.57. The van der Waals surface area contributed by atoms with E-state index < -0.39 is 17.5 Å². The van der Waals surface area contributed by atoms with Gasteiger partial charge in [0.2, 0.25) is 12.7 Å². The molecule has 0 unspecified atom stereocenters. The van der Waals surface area contributed by atoms with Crippen LogP contribution in [-0.2, 0) is 22.7 Å². The van der Waals surface area contributed by atoms with Gasteiger partial charge in [0.15, 0.2) is 23.1 Å². The van der Waals surface area contributed by atoms with E-state index in [1.54, 1.807) is 36.4 Å². The minimum absolute atomic E-state index is 0.00673. The molecule has 6 N–H and O–H groups in total. The van der Waals surface area contributed by atoms with Crippen LogP contribution < -0.4 is 25.8 Å². The van der Waals surface area contributed by atoms with Gasteiger partial charge in [-0.15, -0.1) is 0 Å². The first-order valence-corrected chi connectivity index (χ1v) is 11.5. The first kappa shape index (κ1) is 26.4. The Labute approximate surface area is 212 Å². The molecule has 35 heavy (non-hydrogen) atoms. The topological polar surface area (TPSA) is 150 Å². The molecule has 1 aliphatic heterocycles. The molecule has 1 amide bonds. The van der Waals surface area contributed by atoms with Gasteiger partial charge in [-0.2, -0.15) is 0 Å². The number of hydrogen-bond donors (Lipinski definition) is 5. The molecule has 0 aliphatic carbocycles. The van der Waals surface area contributed by atoms with Crippen molar-refractivity contribution in [2.75, 3.05) is 13.3 Å². The van der Waals surface area contributed by atoms with E-state index in [1.165, 1.54) is 11.8 Å². The highest BCUT2D eigenvalue weighted by molar-refractivity contribution is 6.42. The molecule has 0 radical (unpaired) electrons. The Morgan fingerprint density at radius 3 is 2.51 bits per heavy atom. The highest BCUT2D eigenvalue weighted by Gasteiger charge is 2.45. The van der Waals surface area contributed by atoms with Crippen molar-refractivity contribution in [2.45, 2.75) is 38.5 Å². The van der Waals surface area contributed by atoms with Crippen LogP contribution in [0.2, 0.25) is 10.0 Å². The summed E-state index contributed by atoms with van der Waals surface area (Å²) in [5.74, 6) is -0.775. The molecule has 1 heterocycles. The van der Waals surface area contributed by atoms with Crippen LogP contribution in [0.25, 0.3) is 0 Å². The number of rotatable bonds is 11. The molecule has 0 fully saturated rings. The number of nitrogens with two attached hydrogens (primary N) is 1. The summed E-state index contributed by atoms with van der Waals surface area (Å²) in [4.78, 5) is 26.9. The maximum Gasteiger partial charge on any atom is 0.344 e. The Morgan fingerprint density at radius 1 is 1.14 bits per heavy atom. The van der Waals surface area contributed by atoms with Gasteiger partial charge in [0.25, 0.3) is 0 Å². The Morgan fingerprint density at radius 2 is 1.86 bits per heavy atom. The van der Waals surface area contributed by atoms with E-state index in [2.05, 4.69) is 10.6 Å². The number of carboxylic acid groups (broad SMARTS) is 1. The van der Waals surface area contributed by atoms with Gasteiger partial charge in [-0.3, -0.25) is 15.5 Å². The van der Waals surface area contributed by atoms with Crippen LogP contribution >= 0.6 is 23.2 Å². The molecule has 0 saturated carbocycles. The quantitative estimate of drug-likeness (QED) is 0.130. The Hall–Kier alpha value is -3.21. The van der Waals surface area contributed by atoms with Crippen LogP contribution in [0, 0.1) is 5.41 Å². The molecule has 1 atom stereocenters. The monoisotopic (exact) mass is 523 g/mol. The van der Waals surface area contributed by atoms with Crippen LogP contribution in [0.1, 0.15) is 30.9 Å². The fourth-order valence-corrected chi connectivity index (χ4v) is 4.14. The van der Waals surface area contributed by atoms with E-state index in [4.69, 9.17) is 43.8 Å². The molecular formula is C23H27Cl2N5O5. The summed E-state index contributed by atoms with van der Waals surface area (Å²) in [7, 11) is 0. The number of nitrogens with zero attached hydrogens (tertiary/aromatic N) is 1. The maximum atomic E-state index is 12.8. The lowest BCUT2D eigenvalue weighted by Gasteiger charge is -2.41. The average Bonchev–Trinajstić information content (AvgIpc) is 3.27. The summed E-state index contributed by atoms with van der Waals surface area (Å²) >= 11 is 12.1. The second kappa shape index (κ2) is 11.5. The summed E-state index contributed by atoms with van der Waals surface area (Å²) < 4.78 is 10.8. The SMILES string of the molecule is CC(=O)N(Cc1ccc2c(c1)OCO2)[C@](CCCNC(=N)N)(NCc1ccc(Cl)c(Cl)c1)C(=O)O. The standard InChI is InChI=1S/C23H27Cl2N5O5/c1-14(31)30(12-16-4-6-19-20(10-16)35-13-34-19)23(21(32)33,7-2-8-28-22(26)27)29-11-15-3-5-17(24)18(25)9-15/h3-6,9-10,29H,2,7-8,11-13H2,1H3,(H,32,33)(H4,26,27,28)/t23-/m0/s1. The fourth-order valence-electron chi connectivity index (χ4n) is 3.82. The third kappa shape index (κ3) is 6.47. The minimum atomic E-state index is -1.77. The van der Waals surface area contributed by atoms with Gasteiger partial charge in [-0.1, -0.05) is 35.3 Å². The molecule has 0 spiro atoms. The molecule has 0 aromatic heterocycles. The second-order valence-corrected chi connectivity index (χ2v) is 8.82. The number of ether oxygens (including phenoxy) is 2. The van der Waals surface area contributed by atoms with Crippen molar-refractivity contribution in [3.05, 3.63) is 57.6 Å². The average molecular weight is 524 g/mol. The molecule has 2 aromatic carbocycles. The van der Waals surface area contributed by atoms with Gasteiger partial charge in [0.1, 0.15) is 0 Å². The smallest absolute Gasteiger partial charge is 0.344 e. The third-order valence-corrected chi connectivity index (χ3v) is 6.31. The second-order valence-electron chi connectivity index (χ2n) is 8.00. The van der Waals surface area contributed by atoms with Gasteiger partial charge >= 0.3 is 5.97 Å². The first-order chi connectivity index (χ1) is 16.6. The van der Waals surface area contributed by atoms with E-state index in [-0.39, 0.29) is 38.8 Å². The normalized spacial score (nSPS) is 13.7. The van der Waals surface area contributed by atoms with Crippen molar-refractivity contribution in [3.63, 3.8) is 0 Å². The van der Waals surface area contributed by atoms with Gasteiger partial charge in [0, 0.05) is 26.6 Å². The van der Waals surface area contributed by atoms with Crippen LogP contribution in [-0.4, -0.2) is 46.8 Å². The largest absolute Gasteiger partial charge is 0.478 e. The van der Waals surface area contributed by atoms with Gasteiger partial charge in [0.05, 0.1) is 10.0 Å². The van der Waals surface area contributed by atoms with Crippen molar-refractivity contribution < 1.29 is 24.2 Å². The Kier molecular flexibility index (Phi) is 8.66. The summed E-state index contributed by atoms with van der Waals surface area (Å²) in [6.45, 7) is 1.79. The molecule has 1 aliphatic rings. The van der Waals surface area contributed by atoms with Crippen LogP contribution in [0.15, 0.2) is 36.4 Å². The highest BCUT2D eigenvalue weighted by atomic mass is 35.5. The van der Waals surface area contributed by atoms with E-state index in [0.29, 0.717) is 39.1 Å². The molecule has 3 rings (SSSR count). The van der Waals surface area contributed by atoms with Crippen molar-refractivity contribution >= 4 is 41.0 Å². The molecule has 2 aromatic rings. The zero-order chi connectivity index (χ0) is 25.6. The first-order valence-electron chi connectivity index (χ1n) is 10.8. The fraction of sp³-hybridized carbons (Fsp3) is 0.348. The Bertz CT molecular complexity index is 1120. The lowest BCUT2D eigenvalue weighted by atomic mass is 9.98. The zero-order valence-corrected chi connectivity index (χ0v) is 20.6. The lowest BCUT2D eigenvalue weighted by Crippen LogP contribution is -2.65. The van der Waals surface area contributed by atoms with E-state index in [0.717, 1.165) is 0 Å². The number of nitrogens with one attached hydrogen (secondary N) is 3. The number of carbonyl (C=O) groups excluding carboxylic acids is 1. The van der Waals surface area contributed by atoms with Crippen LogP contribution in [0.3, 0.4) is 0 Å². The molecular weight excluding hydrogens is 497 g/mol. The molecule has 0 bridgehead atoms. The number of aliphatic carboxylic acids is 1. The number of halogens is 2. The summed E-state index contributed by atoms with van der Waals surface area (Å²) in [6.07, 6.45) is 0.346. The molecule has 10 nitrogen and oxygen atoms in total. The number of guanidine groups is 1. The number of fused-ring (bicyclic) bond motifs is 1. The number of amides is 1. The van der Waals surface area contributed by atoms with Crippen molar-refractivity contribution in [1.29, 1.82) is 5.41 Å². The van der Waals surface area contributed by atoms with Crippen LogP contribution in [0.5, 0.6) is 11.5 Å². The minimum Gasteiger partial charge on any atom is -0.478 e. The van der Waals surface area contributed by atoms with E-state index >= 15 is 0 Å². The van der Waals surface area contributed by atoms with Crippen molar-refractivity contribution in [2.24, 2.45) is 5.73 Å². The summed E-state index contributed by atoms with van der Waals surface area (Å²) in [6, 6.07) is 10.2. The van der Waals surface area contributed by atoms with Crippen molar-refractivity contribution in [3.8, 4) is 11.5 Å². The zero-order valence-electron chi connectivity index (χ0n) is 19.1. The van der Waals surface area contributed by atoms with Gasteiger partial charge in [-0.05, 0) is 48.2 Å². The summed E-state index contributed by atoms with van der Waals surface area (Å²) in [5.41, 5.74) is 4.94. The lowest BCUT2D eigenvalue weighted by molar-refractivity contribution is -0.163. The number of carboxylic acids is 1. The molecule has 188 valence electrons. The molecule has 12 heteroatoms. The Balaban J connectivity index is 1.92. The van der Waals surface area contributed by atoms with Crippen LogP contribution in [0.4, 0.5) is 0 Å². The van der Waals surface area contributed by atoms with Crippen molar-refractivity contribution in [1.82, 2.24) is 15.5 Å². The number of carbonyl (C=O) groups is 2. The van der Waals surface area contributed by atoms with Gasteiger partial charge < -0.3 is 30.5 Å². The predicted octanol–water partition coefficient (Wildman–Crippen LogP) is 2.90. The van der Waals surface area contributed by atoms with Gasteiger partial charge in [-0.25, -0.2) is 4.79 Å². The van der Waals surface area contributed by atoms with E-state index in [9.17, 15) is 14.7 Å². The summed E-state index contributed by atoms with van der Waals surface area (Å²) in [5, 5.41) is 24.2. The number of hydrogen-bond acceptors (Lipinski definition) is 6. The number of benzene rings is 2. The molecule has 0 saturated heterocycles. The van der Waals surface area contributed by atoms with E-state index in [1.807, 2.05) is 0 Å². The predicted molar refractivity (Wildman–Crippen MR) is 132 cm³/mol.